The second-order valence-electron chi connectivity index (χ2n) is 28.0. The molecule has 0 unspecified atom stereocenters. The minimum atomic E-state index is -2.32. The highest BCUT2D eigenvalue weighted by Gasteiger charge is 2.72. The van der Waals surface area contributed by atoms with E-state index in [2.05, 4.69) is 53.8 Å². The molecule has 0 aliphatic heterocycles. The molecule has 8 nitrogen and oxygen atoms in total. The quantitative estimate of drug-likeness (QED) is 0.0460. The van der Waals surface area contributed by atoms with E-state index in [1.807, 2.05) is 0 Å². The lowest BCUT2D eigenvalue weighted by Gasteiger charge is -2.53. The number of nitrogens with one attached hydrogen (secondary N) is 1. The molecule has 0 aromatic rings. The van der Waals surface area contributed by atoms with Crippen LogP contribution in [0.1, 0.15) is 459 Å². The number of rotatable bonds is 80. The summed E-state index contributed by atoms with van der Waals surface area (Å²) >= 11 is 0. The first-order valence-electron chi connectivity index (χ1n) is 41.2. The summed E-state index contributed by atoms with van der Waals surface area (Å²) in [4.78, 5) is 0. The van der Waals surface area contributed by atoms with Crippen LogP contribution in [-0.4, -0.2) is 69.0 Å². The smallest absolute Gasteiger partial charge is 0.339 e. The molecular formula is C81H165NO7. The van der Waals surface area contributed by atoms with Gasteiger partial charge in [-0.15, -0.1) is 0 Å². The topological polar surface area (TPSA) is 87.6 Å². The Morgan fingerprint density at radius 2 is 0.348 bits per heavy atom. The van der Waals surface area contributed by atoms with Gasteiger partial charge in [0.15, 0.2) is 0 Å². The second-order valence-corrected chi connectivity index (χ2v) is 28.0. The highest BCUT2D eigenvalue weighted by atomic mass is 16.9. The lowest BCUT2D eigenvalue weighted by molar-refractivity contribution is -0.551. The van der Waals surface area contributed by atoms with Crippen molar-refractivity contribution >= 4 is 0 Å². The molecule has 89 heavy (non-hydrogen) atoms. The largest absolute Gasteiger partial charge is 0.345 e. The molecule has 0 heterocycles. The van der Waals surface area contributed by atoms with Gasteiger partial charge in [0.2, 0.25) is 0 Å². The van der Waals surface area contributed by atoms with Gasteiger partial charge in [0, 0.05) is 6.54 Å². The Kier molecular flexibility index (Phi) is 71.7. The fraction of sp³-hybridized carbons (Fsp3) is 1.00. The van der Waals surface area contributed by atoms with Gasteiger partial charge in [0.05, 0.1) is 39.6 Å². The third-order valence-corrected chi connectivity index (χ3v) is 19.0. The Hall–Kier alpha value is -0.320. The first-order valence-corrected chi connectivity index (χ1v) is 41.2. The first kappa shape index (κ1) is 88.7. The summed E-state index contributed by atoms with van der Waals surface area (Å²) in [6, 6.07) is 0. The van der Waals surface area contributed by atoms with Gasteiger partial charge in [0.25, 0.3) is 5.91 Å². The molecule has 0 aliphatic rings. The molecule has 2 N–H and O–H groups in total. The van der Waals surface area contributed by atoms with E-state index in [-0.39, 0.29) is 0 Å². The summed E-state index contributed by atoms with van der Waals surface area (Å²) in [6.45, 7) is 19.1. The van der Waals surface area contributed by atoms with Gasteiger partial charge in [0.1, 0.15) is 0 Å². The van der Waals surface area contributed by atoms with Gasteiger partial charge in [-0.1, -0.05) is 414 Å². The van der Waals surface area contributed by atoms with E-state index in [1.165, 1.54) is 295 Å². The summed E-state index contributed by atoms with van der Waals surface area (Å²) in [7, 11) is 0. The van der Waals surface area contributed by atoms with Crippen LogP contribution < -0.4 is 5.32 Å². The number of unbranched alkanes of at least 4 members (excludes halogenated alkanes) is 57. The maximum absolute atomic E-state index is 14.2. The highest BCUT2D eigenvalue weighted by molar-refractivity contribution is 4.96. The van der Waals surface area contributed by atoms with Crippen LogP contribution in [0.2, 0.25) is 0 Å². The molecule has 0 saturated heterocycles. The maximum atomic E-state index is 14.2. The Labute approximate surface area is 559 Å². The Morgan fingerprint density at radius 3 is 0.551 bits per heavy atom. The van der Waals surface area contributed by atoms with Crippen LogP contribution in [0.5, 0.6) is 0 Å². The van der Waals surface area contributed by atoms with E-state index in [4.69, 9.17) is 28.4 Å². The molecule has 536 valence electrons. The summed E-state index contributed by atoms with van der Waals surface area (Å²) in [5.74, 6) is -6.02. The van der Waals surface area contributed by atoms with Crippen LogP contribution in [0.4, 0.5) is 0 Å². The maximum Gasteiger partial charge on any atom is 0.345 e. The van der Waals surface area contributed by atoms with E-state index in [0.29, 0.717) is 46.2 Å². The predicted octanol–water partition coefficient (Wildman–Crippen LogP) is 26.8. The highest BCUT2D eigenvalue weighted by Crippen LogP contribution is 2.44. The van der Waals surface area contributed by atoms with Gasteiger partial charge in [-0.3, -0.25) is 5.32 Å². The van der Waals surface area contributed by atoms with E-state index in [9.17, 15) is 5.11 Å². The zero-order valence-electron chi connectivity index (χ0n) is 62.1. The summed E-state index contributed by atoms with van der Waals surface area (Å²) in [5.41, 5.74) is 0. The van der Waals surface area contributed by atoms with Crippen LogP contribution in [0.25, 0.3) is 0 Å². The minimum Gasteiger partial charge on any atom is -0.339 e. The van der Waals surface area contributed by atoms with Gasteiger partial charge in [-0.25, -0.2) is 0 Å². The van der Waals surface area contributed by atoms with Gasteiger partial charge in [-0.05, 0) is 44.9 Å². The first-order chi connectivity index (χ1) is 43.9. The molecule has 8 heteroatoms. The number of aliphatic hydroxyl groups is 1. The molecule has 0 bridgehead atoms. The fourth-order valence-corrected chi connectivity index (χ4v) is 12.9. The van der Waals surface area contributed by atoms with Crippen LogP contribution in [-0.2, 0) is 28.4 Å². The summed E-state index contributed by atoms with van der Waals surface area (Å²) in [6.07, 6.45) is 78.2. The van der Waals surface area contributed by atoms with Crippen LogP contribution in [0.15, 0.2) is 0 Å². The molecule has 0 saturated carbocycles. The van der Waals surface area contributed by atoms with Crippen molar-refractivity contribution in [2.24, 2.45) is 0 Å². The van der Waals surface area contributed by atoms with Crippen molar-refractivity contribution in [2.45, 2.75) is 477 Å². The fourth-order valence-electron chi connectivity index (χ4n) is 12.9. The molecule has 0 spiro atoms. The van der Waals surface area contributed by atoms with Crippen molar-refractivity contribution in [3.63, 3.8) is 0 Å². The van der Waals surface area contributed by atoms with Crippen molar-refractivity contribution in [1.29, 1.82) is 0 Å². The van der Waals surface area contributed by atoms with Gasteiger partial charge < -0.3 is 33.5 Å². The Morgan fingerprint density at radius 1 is 0.191 bits per heavy atom. The molecule has 0 aliphatic carbocycles. The van der Waals surface area contributed by atoms with E-state index in [1.54, 1.807) is 0 Å². The van der Waals surface area contributed by atoms with Crippen molar-refractivity contribution in [3.05, 3.63) is 0 Å². The SMILES string of the molecule is CCCCCCCCCCCCOC(O)(OCCCCCCCCCCCC)C(OCCCCCCCCCCCC)(OCCCCCCCCCCCC)C(NCCCCCC)(OCCCCCCCCCCCC)OCCCCCCCCCCCC. The lowest BCUT2D eigenvalue weighted by atomic mass is 10.0. The van der Waals surface area contributed by atoms with Gasteiger partial charge >= 0.3 is 11.8 Å². The monoisotopic (exact) mass is 1260 g/mol. The standard InChI is InChI=1S/C81H165NO7/c1-8-15-22-29-35-41-47-53-59-66-73-84-79(85-74-67-60-54-48-42-36-30-23-16-9-2,81(83,88-77-70-63-57-51-45-39-33-26-19-12-5)89-78-71-64-58-52-46-40-34-27-20-13-6)80(82-72-65-28-21-14-7,86-75-68-61-55-49-43-37-31-24-17-10-3)87-76-69-62-56-50-44-38-32-25-18-11-4/h82-83H,8-78H2,1-7H3. The minimum absolute atomic E-state index is 0.333. The number of hydrogen-bond acceptors (Lipinski definition) is 8. The molecule has 0 fully saturated rings. The lowest BCUT2D eigenvalue weighted by Crippen LogP contribution is -2.79. The van der Waals surface area contributed by atoms with E-state index < -0.39 is 17.7 Å². The normalized spacial score (nSPS) is 12.4. The zero-order valence-corrected chi connectivity index (χ0v) is 62.1. The zero-order chi connectivity index (χ0) is 64.7. The van der Waals surface area contributed by atoms with E-state index >= 15 is 0 Å². The van der Waals surface area contributed by atoms with Crippen molar-refractivity contribution in [1.82, 2.24) is 5.32 Å². The van der Waals surface area contributed by atoms with Crippen LogP contribution in [0.3, 0.4) is 0 Å². The molecule has 0 atom stereocenters. The third-order valence-electron chi connectivity index (χ3n) is 19.0. The number of hydrogen-bond donors (Lipinski definition) is 2. The molecule has 0 rings (SSSR count). The molecule has 0 radical (unpaired) electrons. The summed E-state index contributed by atoms with van der Waals surface area (Å²) < 4.78 is 44.4. The molecule has 0 amide bonds. The molecule has 0 aromatic heterocycles. The van der Waals surface area contributed by atoms with Crippen molar-refractivity contribution < 1.29 is 33.5 Å². The third kappa shape index (κ3) is 53.5. The summed E-state index contributed by atoms with van der Waals surface area (Å²) in [5, 5.41) is 18.1. The Balaban J connectivity index is 7.67. The van der Waals surface area contributed by atoms with E-state index in [0.717, 1.165) is 116 Å². The molecular weight excluding hydrogens is 1100 g/mol. The van der Waals surface area contributed by atoms with Crippen LogP contribution in [0, 0.1) is 0 Å². The van der Waals surface area contributed by atoms with Gasteiger partial charge in [-0.2, -0.15) is 0 Å². The molecule has 0 aromatic carbocycles. The average molecular weight is 1270 g/mol. The number of ether oxygens (including phenoxy) is 6. The van der Waals surface area contributed by atoms with Crippen molar-refractivity contribution in [2.75, 3.05) is 46.2 Å². The van der Waals surface area contributed by atoms with Crippen molar-refractivity contribution in [3.8, 4) is 0 Å². The van der Waals surface area contributed by atoms with Crippen LogP contribution >= 0.6 is 0 Å². The predicted molar refractivity (Wildman–Crippen MR) is 389 cm³/mol. The Bertz CT molecular complexity index is 1220. The average Bonchev–Trinajstić information content (AvgIpc) is 0.825. The second kappa shape index (κ2) is 72.0.